The van der Waals surface area contributed by atoms with Crippen molar-refractivity contribution in [3.63, 3.8) is 0 Å². The van der Waals surface area contributed by atoms with E-state index in [9.17, 15) is 4.79 Å². The highest BCUT2D eigenvalue weighted by atomic mass is 16.5. The summed E-state index contributed by atoms with van der Waals surface area (Å²) in [6, 6.07) is 0. The van der Waals surface area contributed by atoms with Gasteiger partial charge in [-0.1, -0.05) is 85.5 Å². The van der Waals surface area contributed by atoms with Crippen molar-refractivity contribution >= 4 is 5.97 Å². The van der Waals surface area contributed by atoms with Crippen LogP contribution in [0.5, 0.6) is 0 Å². The van der Waals surface area contributed by atoms with Gasteiger partial charge in [0.25, 0.3) is 0 Å². The van der Waals surface area contributed by atoms with Crippen molar-refractivity contribution in [3.8, 4) is 0 Å². The smallest absolute Gasteiger partial charge is 0.306 e. The number of rotatable bonds is 17. The molecule has 0 aliphatic rings. The molecule has 0 aromatic carbocycles. The average Bonchev–Trinajstić information content (AvgIpc) is 2.66. The number of unbranched alkanes of at least 4 members (excludes halogenated alkanes) is 8. The van der Waals surface area contributed by atoms with Crippen LogP contribution >= 0.6 is 0 Å². The van der Waals surface area contributed by atoms with Crippen LogP contribution in [-0.4, -0.2) is 56.6 Å². The highest BCUT2D eigenvalue weighted by Gasteiger charge is 2.33. The fraction of sp³-hybridized carbons (Fsp3) is 0.958. The van der Waals surface area contributed by atoms with Gasteiger partial charge in [0.2, 0.25) is 0 Å². The number of nitrogens with zero attached hydrogens (tertiary/aromatic N) is 1. The third-order valence-electron chi connectivity index (χ3n) is 5.45. The summed E-state index contributed by atoms with van der Waals surface area (Å²) < 4.78 is 10.7. The van der Waals surface area contributed by atoms with Crippen LogP contribution in [0.4, 0.5) is 0 Å². The Balaban J connectivity index is 0. The summed E-state index contributed by atoms with van der Waals surface area (Å²) in [5, 5.41) is 8.71. The molecule has 0 saturated heterocycles. The second-order valence-corrected chi connectivity index (χ2v) is 8.93. The average molecular weight is 418 g/mol. The second kappa shape index (κ2) is 19.3. The van der Waals surface area contributed by atoms with E-state index in [2.05, 4.69) is 25.7 Å². The van der Waals surface area contributed by atoms with Crippen LogP contribution in [0.1, 0.15) is 98.3 Å². The molecule has 0 aromatic heterocycles. The van der Waals surface area contributed by atoms with Crippen molar-refractivity contribution in [2.75, 3.05) is 34.9 Å². The molecule has 0 radical (unpaired) electrons. The normalized spacial score (nSPS) is 14.4. The minimum Gasteiger partial charge on any atom is -0.481 e. The van der Waals surface area contributed by atoms with Gasteiger partial charge in [0.05, 0.1) is 12.5 Å². The molecule has 0 heterocycles. The molecule has 0 aliphatic carbocycles. The van der Waals surface area contributed by atoms with Crippen LogP contribution in [0, 0.1) is 11.8 Å². The van der Waals surface area contributed by atoms with Gasteiger partial charge in [-0.3, -0.25) is 9.69 Å². The third kappa shape index (κ3) is 16.8. The van der Waals surface area contributed by atoms with Gasteiger partial charge in [0.1, 0.15) is 5.72 Å². The predicted octanol–water partition coefficient (Wildman–Crippen LogP) is 6.21. The molecule has 0 bridgehead atoms. The van der Waals surface area contributed by atoms with Crippen molar-refractivity contribution in [2.45, 2.75) is 104 Å². The molecule has 0 amide bonds. The molecule has 0 aliphatic heterocycles. The molecule has 0 fully saturated rings. The maximum Gasteiger partial charge on any atom is 0.306 e. The minimum atomic E-state index is -0.653. The summed E-state index contributed by atoms with van der Waals surface area (Å²) in [4.78, 5) is 12.6. The van der Waals surface area contributed by atoms with Crippen LogP contribution in [0.15, 0.2) is 0 Å². The van der Waals surface area contributed by atoms with Crippen molar-refractivity contribution < 1.29 is 19.4 Å². The zero-order valence-corrected chi connectivity index (χ0v) is 20.8. The lowest BCUT2D eigenvalue weighted by molar-refractivity contribution is -0.160. The Labute approximate surface area is 181 Å². The van der Waals surface area contributed by atoms with E-state index in [1.807, 2.05) is 14.1 Å². The minimum absolute atomic E-state index is 0.162. The molecule has 176 valence electrons. The first-order chi connectivity index (χ1) is 13.7. The Bertz CT molecular complexity index is 374. The van der Waals surface area contributed by atoms with E-state index < -0.39 is 5.97 Å². The quantitative estimate of drug-likeness (QED) is 0.225. The van der Waals surface area contributed by atoms with Gasteiger partial charge in [-0.25, -0.2) is 0 Å². The van der Waals surface area contributed by atoms with Crippen LogP contribution in [0.3, 0.4) is 0 Å². The fourth-order valence-corrected chi connectivity index (χ4v) is 3.44. The molecular weight excluding hydrogens is 366 g/mol. The maximum atomic E-state index is 10.6. The van der Waals surface area contributed by atoms with E-state index in [-0.39, 0.29) is 11.6 Å². The molecule has 5 nitrogen and oxygen atoms in total. The second-order valence-electron chi connectivity index (χ2n) is 8.93. The number of likely N-dealkylation sites (N-methyl/N-ethyl adjacent to an activating group) is 1. The molecular formula is C24H51NO4. The van der Waals surface area contributed by atoms with Gasteiger partial charge in [-0.05, 0) is 32.9 Å². The number of carboxylic acids is 1. The van der Waals surface area contributed by atoms with Gasteiger partial charge in [0, 0.05) is 14.2 Å². The molecule has 0 spiro atoms. The van der Waals surface area contributed by atoms with Gasteiger partial charge >= 0.3 is 5.97 Å². The van der Waals surface area contributed by atoms with E-state index in [1.165, 1.54) is 51.4 Å². The van der Waals surface area contributed by atoms with Crippen LogP contribution < -0.4 is 0 Å². The summed E-state index contributed by atoms with van der Waals surface area (Å²) in [6.07, 6.45) is 13.5. The monoisotopic (exact) mass is 417 g/mol. The van der Waals surface area contributed by atoms with Gasteiger partial charge in [-0.2, -0.15) is 0 Å². The predicted molar refractivity (Wildman–Crippen MR) is 123 cm³/mol. The molecule has 2 unspecified atom stereocenters. The Hall–Kier alpha value is -0.650. The van der Waals surface area contributed by atoms with Gasteiger partial charge < -0.3 is 14.6 Å². The first kappa shape index (κ1) is 30.5. The van der Waals surface area contributed by atoms with Crippen molar-refractivity contribution in [1.82, 2.24) is 4.90 Å². The Morgan fingerprint density at radius 1 is 0.931 bits per heavy atom. The maximum absolute atomic E-state index is 10.6. The lowest BCUT2D eigenvalue weighted by Crippen LogP contribution is -2.50. The largest absolute Gasteiger partial charge is 0.481 e. The summed E-state index contributed by atoms with van der Waals surface area (Å²) >= 11 is 0. The SMILES string of the molecule is CCCCCCCCCCCC(C)C(=O)O.COCC(CC(C)C)(OC)N(C)C. The fourth-order valence-electron chi connectivity index (χ4n) is 3.44. The van der Waals surface area contributed by atoms with Gasteiger partial charge in [0.15, 0.2) is 0 Å². The highest BCUT2D eigenvalue weighted by Crippen LogP contribution is 2.23. The van der Waals surface area contributed by atoms with Crippen molar-refractivity contribution in [3.05, 3.63) is 0 Å². The van der Waals surface area contributed by atoms with E-state index in [1.54, 1.807) is 21.1 Å². The molecule has 0 aromatic rings. The number of hydrogen-bond donors (Lipinski definition) is 1. The van der Waals surface area contributed by atoms with E-state index in [0.29, 0.717) is 12.5 Å². The number of carbonyl (C=O) groups is 1. The van der Waals surface area contributed by atoms with Crippen molar-refractivity contribution in [2.24, 2.45) is 11.8 Å². The standard InChI is InChI=1S/C14H28O2.C10H23NO2/c1-3-4-5-6-7-8-9-10-11-12-13(2)14(15)16;1-9(2)7-10(13-6,8-12-5)11(3)4/h13H,3-12H2,1-2H3,(H,15,16);9H,7-8H2,1-6H3. The molecule has 29 heavy (non-hydrogen) atoms. The Kier molecular flexibility index (Phi) is 20.3. The topological polar surface area (TPSA) is 59.0 Å². The summed E-state index contributed by atoms with van der Waals surface area (Å²) in [5.74, 6) is -0.221. The third-order valence-corrected chi connectivity index (χ3v) is 5.45. The van der Waals surface area contributed by atoms with Crippen molar-refractivity contribution in [1.29, 1.82) is 0 Å². The lowest BCUT2D eigenvalue weighted by atomic mass is 10.00. The lowest BCUT2D eigenvalue weighted by Gasteiger charge is -2.39. The molecule has 1 N–H and O–H groups in total. The molecule has 2 atom stereocenters. The number of ether oxygens (including phenoxy) is 2. The first-order valence-electron chi connectivity index (χ1n) is 11.6. The summed E-state index contributed by atoms with van der Waals surface area (Å²) in [7, 11) is 7.48. The highest BCUT2D eigenvalue weighted by molar-refractivity contribution is 5.69. The Morgan fingerprint density at radius 2 is 1.41 bits per heavy atom. The molecule has 0 saturated carbocycles. The Morgan fingerprint density at radius 3 is 1.76 bits per heavy atom. The summed E-state index contributed by atoms with van der Waals surface area (Å²) in [6.45, 7) is 9.02. The van der Waals surface area contributed by atoms with Crippen LogP contribution in [0.25, 0.3) is 0 Å². The zero-order valence-electron chi connectivity index (χ0n) is 20.8. The van der Waals surface area contributed by atoms with E-state index >= 15 is 0 Å². The summed E-state index contributed by atoms with van der Waals surface area (Å²) in [5.41, 5.74) is -0.275. The van der Waals surface area contributed by atoms with E-state index in [0.717, 1.165) is 19.3 Å². The number of carboxylic acid groups (broad SMARTS) is 1. The number of hydrogen-bond acceptors (Lipinski definition) is 4. The van der Waals surface area contributed by atoms with Gasteiger partial charge in [-0.15, -0.1) is 0 Å². The first-order valence-corrected chi connectivity index (χ1v) is 11.6. The zero-order chi connectivity index (χ0) is 22.7. The number of methoxy groups -OCH3 is 2. The van der Waals surface area contributed by atoms with Crippen LogP contribution in [0.2, 0.25) is 0 Å². The van der Waals surface area contributed by atoms with E-state index in [4.69, 9.17) is 14.6 Å². The molecule has 0 rings (SSSR count). The molecule has 5 heteroatoms. The van der Waals surface area contributed by atoms with Crippen LogP contribution in [-0.2, 0) is 14.3 Å². The number of aliphatic carboxylic acids is 1.